The molecule has 0 bridgehead atoms. The van der Waals surface area contributed by atoms with Crippen LogP contribution in [-0.4, -0.2) is 48.2 Å². The lowest BCUT2D eigenvalue weighted by Gasteiger charge is -2.36. The number of hydrogen-bond acceptors (Lipinski definition) is 5. The number of nitrogens with one attached hydrogen (secondary N) is 2. The monoisotopic (exact) mass is 301 g/mol. The number of aromatic nitrogens is 1. The van der Waals surface area contributed by atoms with Gasteiger partial charge in [-0.3, -0.25) is 9.78 Å². The van der Waals surface area contributed by atoms with E-state index in [4.69, 9.17) is 21.4 Å². The van der Waals surface area contributed by atoms with Gasteiger partial charge in [0, 0.05) is 31.6 Å². The molecule has 0 aliphatic carbocycles. The minimum atomic E-state index is -1.40. The number of rotatable bonds is 7. The molecule has 0 spiro atoms. The number of halogens is 1. The van der Waals surface area contributed by atoms with Crippen LogP contribution in [0, 0.1) is 0 Å². The third-order valence-electron chi connectivity index (χ3n) is 3.03. The first kappa shape index (κ1) is 16.4. The molecule has 7 nitrogen and oxygen atoms in total. The van der Waals surface area contributed by atoms with Gasteiger partial charge in [0.25, 0.3) is 0 Å². The summed E-state index contributed by atoms with van der Waals surface area (Å²) in [6.07, 6.45) is 0.979. The molecular formula is C12H16ClN3O4. The Labute approximate surface area is 121 Å². The van der Waals surface area contributed by atoms with Crippen molar-refractivity contribution in [1.82, 2.24) is 15.6 Å². The summed E-state index contributed by atoms with van der Waals surface area (Å²) in [5, 5.41) is 13.0. The van der Waals surface area contributed by atoms with Crippen LogP contribution in [0.25, 0.3) is 0 Å². The summed E-state index contributed by atoms with van der Waals surface area (Å²) in [5.41, 5.74) is -0.908. The van der Waals surface area contributed by atoms with E-state index in [0.29, 0.717) is 5.56 Å². The van der Waals surface area contributed by atoms with Crippen molar-refractivity contribution in [2.45, 2.75) is 11.6 Å². The Hall–Kier alpha value is -1.70. The number of methoxy groups -OCH3 is 1. The van der Waals surface area contributed by atoms with Gasteiger partial charge < -0.3 is 20.5 Å². The standard InChI is InChI=1S/C12H16ClN3O4/c1-14-12(10(13)17,8-4-3-5-15-6-8)9(20-2)7-16-11(18)19/h3-6,9,14,16H,7H2,1-2H3,(H,18,19). The Morgan fingerprint density at radius 1 is 1.60 bits per heavy atom. The fourth-order valence-electron chi connectivity index (χ4n) is 2.02. The number of hydrogen-bond donors (Lipinski definition) is 3. The van der Waals surface area contributed by atoms with Crippen molar-refractivity contribution in [3.63, 3.8) is 0 Å². The van der Waals surface area contributed by atoms with Crippen LogP contribution in [0.3, 0.4) is 0 Å². The van der Waals surface area contributed by atoms with E-state index in [9.17, 15) is 9.59 Å². The van der Waals surface area contributed by atoms with Gasteiger partial charge in [0.1, 0.15) is 11.6 Å². The lowest BCUT2D eigenvalue weighted by atomic mass is 9.86. The summed E-state index contributed by atoms with van der Waals surface area (Å²) in [5.74, 6) is 0. The van der Waals surface area contributed by atoms with E-state index >= 15 is 0 Å². The molecular weight excluding hydrogens is 286 g/mol. The number of carbonyl (C=O) groups excluding carboxylic acids is 1. The van der Waals surface area contributed by atoms with Gasteiger partial charge in [-0.25, -0.2) is 4.79 Å². The Balaban J connectivity index is 3.22. The molecule has 110 valence electrons. The smallest absolute Gasteiger partial charge is 0.404 e. The van der Waals surface area contributed by atoms with Gasteiger partial charge in [0.2, 0.25) is 5.24 Å². The van der Waals surface area contributed by atoms with Crippen molar-refractivity contribution in [2.75, 3.05) is 20.7 Å². The second-order valence-corrected chi connectivity index (χ2v) is 4.33. The molecule has 1 aromatic heterocycles. The molecule has 0 saturated heterocycles. The molecule has 1 rings (SSSR count). The minimum absolute atomic E-state index is 0.111. The van der Waals surface area contributed by atoms with Crippen LogP contribution in [-0.2, 0) is 15.1 Å². The molecule has 0 aliphatic rings. The van der Waals surface area contributed by atoms with E-state index in [1.807, 2.05) is 0 Å². The highest BCUT2D eigenvalue weighted by atomic mass is 35.5. The average molecular weight is 302 g/mol. The van der Waals surface area contributed by atoms with E-state index in [-0.39, 0.29) is 6.54 Å². The van der Waals surface area contributed by atoms with Crippen molar-refractivity contribution in [2.24, 2.45) is 0 Å². The zero-order valence-corrected chi connectivity index (χ0v) is 11.8. The number of carboxylic acid groups (broad SMARTS) is 1. The molecule has 1 amide bonds. The molecule has 0 aliphatic heterocycles. The maximum Gasteiger partial charge on any atom is 0.404 e. The highest BCUT2D eigenvalue weighted by Gasteiger charge is 2.46. The lowest BCUT2D eigenvalue weighted by Crippen LogP contribution is -2.58. The molecule has 0 saturated carbocycles. The molecule has 1 aromatic rings. The van der Waals surface area contributed by atoms with Crippen LogP contribution < -0.4 is 10.6 Å². The van der Waals surface area contributed by atoms with Gasteiger partial charge in [0.05, 0.1) is 0 Å². The summed E-state index contributed by atoms with van der Waals surface area (Å²) in [6.45, 7) is -0.111. The Morgan fingerprint density at radius 2 is 2.30 bits per heavy atom. The Morgan fingerprint density at radius 3 is 2.70 bits per heavy atom. The number of ether oxygens (including phenoxy) is 1. The fourth-order valence-corrected chi connectivity index (χ4v) is 2.34. The van der Waals surface area contributed by atoms with Gasteiger partial charge in [-0.05, 0) is 24.7 Å². The summed E-state index contributed by atoms with van der Waals surface area (Å²) in [6, 6.07) is 3.31. The second-order valence-electron chi connectivity index (χ2n) is 3.98. The van der Waals surface area contributed by atoms with Gasteiger partial charge in [-0.15, -0.1) is 0 Å². The number of nitrogens with zero attached hydrogens (tertiary/aromatic N) is 1. The quantitative estimate of drug-likeness (QED) is 0.636. The summed E-state index contributed by atoms with van der Waals surface area (Å²) >= 11 is 5.74. The van der Waals surface area contributed by atoms with Gasteiger partial charge in [-0.1, -0.05) is 6.07 Å². The van der Waals surface area contributed by atoms with Crippen molar-refractivity contribution in [3.8, 4) is 0 Å². The third-order valence-corrected chi connectivity index (χ3v) is 3.33. The zero-order chi connectivity index (χ0) is 15.2. The molecule has 1 heterocycles. The average Bonchev–Trinajstić information content (AvgIpc) is 2.44. The molecule has 0 radical (unpaired) electrons. The van der Waals surface area contributed by atoms with E-state index < -0.39 is 23.0 Å². The molecule has 3 N–H and O–H groups in total. The van der Waals surface area contributed by atoms with E-state index in [2.05, 4.69) is 15.6 Å². The highest BCUT2D eigenvalue weighted by molar-refractivity contribution is 6.65. The Bertz CT molecular complexity index is 471. The third kappa shape index (κ3) is 3.24. The SMILES string of the molecule is CNC(C(=O)Cl)(c1cccnc1)C(CNC(=O)O)OC. The van der Waals surface area contributed by atoms with Crippen LogP contribution in [0.5, 0.6) is 0 Å². The maximum atomic E-state index is 12.0. The first-order valence-corrected chi connectivity index (χ1v) is 6.15. The van der Waals surface area contributed by atoms with Crippen molar-refractivity contribution in [3.05, 3.63) is 30.1 Å². The summed E-state index contributed by atoms with van der Waals surface area (Å²) < 4.78 is 5.25. The predicted octanol–water partition coefficient (Wildman–Crippen LogP) is 0.544. The van der Waals surface area contributed by atoms with Crippen LogP contribution in [0.1, 0.15) is 5.56 Å². The molecule has 0 fully saturated rings. The van der Waals surface area contributed by atoms with Crippen molar-refractivity contribution in [1.29, 1.82) is 0 Å². The van der Waals surface area contributed by atoms with E-state index in [0.717, 1.165) is 0 Å². The molecule has 8 heteroatoms. The predicted molar refractivity (Wildman–Crippen MR) is 72.7 cm³/mol. The molecule has 0 aromatic carbocycles. The number of carbonyl (C=O) groups is 2. The first-order valence-electron chi connectivity index (χ1n) is 5.78. The van der Waals surface area contributed by atoms with Gasteiger partial charge in [-0.2, -0.15) is 0 Å². The normalized spacial score (nSPS) is 15.2. The second kappa shape index (κ2) is 7.18. The van der Waals surface area contributed by atoms with Crippen LogP contribution >= 0.6 is 11.6 Å². The largest absolute Gasteiger partial charge is 0.465 e. The van der Waals surface area contributed by atoms with Gasteiger partial charge >= 0.3 is 6.09 Å². The molecule has 2 unspecified atom stereocenters. The van der Waals surface area contributed by atoms with Crippen LogP contribution in [0.4, 0.5) is 4.79 Å². The number of pyridine rings is 1. The summed E-state index contributed by atoms with van der Waals surface area (Å²) in [7, 11) is 2.91. The van der Waals surface area contributed by atoms with Crippen molar-refractivity contribution >= 4 is 22.9 Å². The number of likely N-dealkylation sites (N-methyl/N-ethyl adjacent to an activating group) is 1. The van der Waals surface area contributed by atoms with Gasteiger partial charge in [0.15, 0.2) is 0 Å². The molecule has 20 heavy (non-hydrogen) atoms. The first-order chi connectivity index (χ1) is 9.48. The minimum Gasteiger partial charge on any atom is -0.465 e. The van der Waals surface area contributed by atoms with E-state index in [1.165, 1.54) is 13.3 Å². The molecule has 2 atom stereocenters. The highest BCUT2D eigenvalue weighted by Crippen LogP contribution is 2.29. The number of amides is 1. The maximum absolute atomic E-state index is 12.0. The Kier molecular flexibility index (Phi) is 5.87. The lowest BCUT2D eigenvalue weighted by molar-refractivity contribution is -0.123. The fraction of sp³-hybridized carbons (Fsp3) is 0.417. The summed E-state index contributed by atoms with van der Waals surface area (Å²) in [4.78, 5) is 26.5. The van der Waals surface area contributed by atoms with Crippen LogP contribution in [0.2, 0.25) is 0 Å². The van der Waals surface area contributed by atoms with Crippen molar-refractivity contribution < 1.29 is 19.4 Å². The van der Waals surface area contributed by atoms with Crippen LogP contribution in [0.15, 0.2) is 24.5 Å². The topological polar surface area (TPSA) is 101 Å². The van der Waals surface area contributed by atoms with E-state index in [1.54, 1.807) is 25.4 Å². The zero-order valence-electron chi connectivity index (χ0n) is 11.1.